The fourth-order valence-electron chi connectivity index (χ4n) is 4.12. The highest BCUT2D eigenvalue weighted by atomic mass is 19.1. The Morgan fingerprint density at radius 3 is 2.78 bits per heavy atom. The van der Waals surface area contributed by atoms with E-state index in [-0.39, 0.29) is 23.5 Å². The summed E-state index contributed by atoms with van der Waals surface area (Å²) in [5.74, 6) is 0.864. The molecule has 4 rings (SSSR count). The zero-order chi connectivity index (χ0) is 22.8. The summed E-state index contributed by atoms with van der Waals surface area (Å²) in [6.07, 6.45) is 4.97. The maximum absolute atomic E-state index is 14.0. The van der Waals surface area contributed by atoms with Gasteiger partial charge >= 0.3 is 0 Å². The lowest BCUT2D eigenvalue weighted by atomic mass is 9.93. The molecule has 0 saturated carbocycles. The molecule has 0 radical (unpaired) electrons. The molecule has 1 aliphatic heterocycles. The van der Waals surface area contributed by atoms with E-state index in [2.05, 4.69) is 9.97 Å². The van der Waals surface area contributed by atoms with Crippen LogP contribution in [-0.4, -0.2) is 46.4 Å². The molecule has 3 heterocycles. The number of rotatable bonds is 5. The second kappa shape index (κ2) is 9.06. The highest BCUT2D eigenvalue weighted by molar-refractivity contribution is 5.93. The van der Waals surface area contributed by atoms with Crippen molar-refractivity contribution in [1.82, 2.24) is 19.9 Å². The van der Waals surface area contributed by atoms with Crippen molar-refractivity contribution in [1.29, 1.82) is 0 Å². The van der Waals surface area contributed by atoms with Crippen molar-refractivity contribution < 1.29 is 13.6 Å². The predicted octanol–water partition coefficient (Wildman–Crippen LogP) is 4.57. The summed E-state index contributed by atoms with van der Waals surface area (Å²) >= 11 is 0. The van der Waals surface area contributed by atoms with Gasteiger partial charge in [0, 0.05) is 38.8 Å². The van der Waals surface area contributed by atoms with E-state index < -0.39 is 0 Å². The first-order valence-electron chi connectivity index (χ1n) is 11.0. The van der Waals surface area contributed by atoms with Crippen molar-refractivity contribution in [3.63, 3.8) is 0 Å². The maximum Gasteiger partial charge on any atom is 0.292 e. The molecule has 0 spiro atoms. The van der Waals surface area contributed by atoms with E-state index in [1.54, 1.807) is 19.2 Å². The van der Waals surface area contributed by atoms with Gasteiger partial charge in [0.05, 0.1) is 17.4 Å². The molecular formula is C24H28FN5O2. The van der Waals surface area contributed by atoms with Crippen LogP contribution in [0.25, 0.3) is 11.1 Å². The quantitative estimate of drug-likeness (QED) is 0.582. The van der Waals surface area contributed by atoms with Crippen LogP contribution in [0, 0.1) is 12.7 Å². The van der Waals surface area contributed by atoms with Gasteiger partial charge in [-0.05, 0) is 43.9 Å². The van der Waals surface area contributed by atoms with E-state index in [1.807, 2.05) is 36.9 Å². The highest BCUT2D eigenvalue weighted by Gasteiger charge is 2.34. The molecule has 168 valence electrons. The third kappa shape index (κ3) is 4.22. The monoisotopic (exact) mass is 437 g/mol. The summed E-state index contributed by atoms with van der Waals surface area (Å²) in [4.78, 5) is 30.8. The van der Waals surface area contributed by atoms with Gasteiger partial charge < -0.3 is 14.2 Å². The number of anilines is 1. The smallest absolute Gasteiger partial charge is 0.292 e. The van der Waals surface area contributed by atoms with Crippen LogP contribution in [0.1, 0.15) is 60.1 Å². The van der Waals surface area contributed by atoms with E-state index in [9.17, 15) is 9.18 Å². The molecule has 32 heavy (non-hydrogen) atoms. The predicted molar refractivity (Wildman–Crippen MR) is 120 cm³/mol. The second-order valence-corrected chi connectivity index (χ2v) is 8.26. The van der Waals surface area contributed by atoms with E-state index in [4.69, 9.17) is 9.40 Å². The van der Waals surface area contributed by atoms with Crippen molar-refractivity contribution in [3.8, 4) is 11.1 Å². The molecule has 1 amide bonds. The van der Waals surface area contributed by atoms with Gasteiger partial charge in [0.2, 0.25) is 11.7 Å². The standard InChI is InChI=1S/C24H28FN5O2/c1-5-20-27-15(2)22(32-20)23(31)30-12-7-6-11-19(30)21-18(14-26-24(28-21)29(3)4)16-9-8-10-17(25)13-16/h8-10,13-14,19H,5-7,11-12H2,1-4H3/t19-/m1/s1. The van der Waals surface area contributed by atoms with Crippen molar-refractivity contribution >= 4 is 11.9 Å². The topological polar surface area (TPSA) is 75.4 Å². The normalized spacial score (nSPS) is 16.3. The summed E-state index contributed by atoms with van der Waals surface area (Å²) in [5.41, 5.74) is 2.73. The molecular weight excluding hydrogens is 409 g/mol. The molecule has 1 aliphatic rings. The van der Waals surface area contributed by atoms with Crippen LogP contribution < -0.4 is 4.90 Å². The number of piperidine rings is 1. The van der Waals surface area contributed by atoms with Gasteiger partial charge in [0.25, 0.3) is 5.91 Å². The Labute approximate surface area is 187 Å². The molecule has 0 unspecified atom stereocenters. The molecule has 7 nitrogen and oxygen atoms in total. The van der Waals surface area contributed by atoms with Crippen LogP contribution in [0.15, 0.2) is 34.9 Å². The number of halogens is 1. The third-order valence-corrected chi connectivity index (χ3v) is 5.76. The van der Waals surface area contributed by atoms with Crippen molar-refractivity contribution in [2.75, 3.05) is 25.5 Å². The first-order valence-corrected chi connectivity index (χ1v) is 11.0. The van der Waals surface area contributed by atoms with Crippen molar-refractivity contribution in [3.05, 3.63) is 59.3 Å². The third-order valence-electron chi connectivity index (χ3n) is 5.76. The van der Waals surface area contributed by atoms with Gasteiger partial charge in [-0.2, -0.15) is 0 Å². The van der Waals surface area contributed by atoms with Gasteiger partial charge in [0.1, 0.15) is 5.82 Å². The molecule has 2 aromatic heterocycles. The maximum atomic E-state index is 14.0. The Morgan fingerprint density at radius 1 is 1.28 bits per heavy atom. The first-order chi connectivity index (χ1) is 15.4. The van der Waals surface area contributed by atoms with Gasteiger partial charge in [-0.15, -0.1) is 0 Å². The second-order valence-electron chi connectivity index (χ2n) is 8.26. The van der Waals surface area contributed by atoms with E-state index in [0.29, 0.717) is 36.1 Å². The fraction of sp³-hybridized carbons (Fsp3) is 0.417. The molecule has 0 N–H and O–H groups in total. The van der Waals surface area contributed by atoms with Crippen molar-refractivity contribution in [2.24, 2.45) is 0 Å². The lowest BCUT2D eigenvalue weighted by molar-refractivity contribution is 0.0571. The number of nitrogens with zero attached hydrogens (tertiary/aromatic N) is 5. The Morgan fingerprint density at radius 2 is 2.09 bits per heavy atom. The SMILES string of the molecule is CCc1nc(C)c(C(=O)N2CCCC[C@@H]2c2nc(N(C)C)ncc2-c2cccc(F)c2)o1. The first kappa shape index (κ1) is 21.9. The number of likely N-dealkylation sites (tertiary alicyclic amines) is 1. The number of aromatic nitrogens is 3. The van der Waals surface area contributed by atoms with Crippen LogP contribution in [-0.2, 0) is 6.42 Å². The minimum absolute atomic E-state index is 0.186. The molecule has 1 saturated heterocycles. The molecule has 0 bridgehead atoms. The molecule has 1 fully saturated rings. The van der Waals surface area contributed by atoms with E-state index >= 15 is 0 Å². The average Bonchev–Trinajstić information content (AvgIpc) is 3.19. The number of carbonyl (C=O) groups excluding carboxylic acids is 1. The molecule has 8 heteroatoms. The number of aryl methyl sites for hydroxylation is 2. The van der Waals surface area contributed by atoms with Gasteiger partial charge in [-0.25, -0.2) is 19.3 Å². The summed E-state index contributed by atoms with van der Waals surface area (Å²) < 4.78 is 19.8. The number of carbonyl (C=O) groups is 1. The number of hydrogen-bond donors (Lipinski definition) is 0. The minimum atomic E-state index is -0.328. The minimum Gasteiger partial charge on any atom is -0.435 e. The largest absolute Gasteiger partial charge is 0.435 e. The Bertz CT molecular complexity index is 1130. The molecule has 3 aromatic rings. The van der Waals surface area contributed by atoms with E-state index in [0.717, 1.165) is 30.5 Å². The van der Waals surface area contributed by atoms with Crippen LogP contribution in [0.5, 0.6) is 0 Å². The van der Waals surface area contributed by atoms with Gasteiger partial charge in [-0.3, -0.25) is 4.79 Å². The molecule has 0 aliphatic carbocycles. The number of benzene rings is 1. The number of oxazole rings is 1. The summed E-state index contributed by atoms with van der Waals surface area (Å²) in [6, 6.07) is 6.12. The Kier molecular flexibility index (Phi) is 6.21. The highest BCUT2D eigenvalue weighted by Crippen LogP contribution is 2.37. The summed E-state index contributed by atoms with van der Waals surface area (Å²) in [7, 11) is 3.74. The summed E-state index contributed by atoms with van der Waals surface area (Å²) in [6.45, 7) is 4.33. The lowest BCUT2D eigenvalue weighted by Crippen LogP contribution is -2.39. The Balaban J connectivity index is 1.80. The molecule has 1 atom stereocenters. The fourth-order valence-corrected chi connectivity index (χ4v) is 4.12. The van der Waals surface area contributed by atoms with Crippen LogP contribution in [0.4, 0.5) is 10.3 Å². The van der Waals surface area contributed by atoms with Crippen LogP contribution in [0.2, 0.25) is 0 Å². The van der Waals surface area contributed by atoms with Crippen LogP contribution >= 0.6 is 0 Å². The summed E-state index contributed by atoms with van der Waals surface area (Å²) in [5, 5.41) is 0. The number of hydrogen-bond acceptors (Lipinski definition) is 6. The van der Waals surface area contributed by atoms with Crippen molar-refractivity contribution in [2.45, 2.75) is 45.6 Å². The van der Waals surface area contributed by atoms with E-state index in [1.165, 1.54) is 12.1 Å². The zero-order valence-electron chi connectivity index (χ0n) is 18.9. The van der Waals surface area contributed by atoms with Gasteiger partial charge in [-0.1, -0.05) is 19.1 Å². The molecule has 1 aromatic carbocycles. The lowest BCUT2D eigenvalue weighted by Gasteiger charge is -2.36. The zero-order valence-corrected chi connectivity index (χ0v) is 18.9. The van der Waals surface area contributed by atoms with Gasteiger partial charge in [0.15, 0.2) is 5.89 Å². The average molecular weight is 438 g/mol. The Hall–Kier alpha value is -3.29. The van der Waals surface area contributed by atoms with Crippen LogP contribution in [0.3, 0.4) is 0 Å². The number of amides is 1.